The number of benzene rings is 2. The zero-order valence-corrected chi connectivity index (χ0v) is 18.4. The molecule has 4 radical (unpaired) electrons. The van der Waals surface area contributed by atoms with Gasteiger partial charge in [0.2, 0.25) is 19.8 Å². The largest absolute Gasteiger partial charge is 0.387 e. The van der Waals surface area contributed by atoms with Crippen LogP contribution in [0.3, 0.4) is 0 Å². The van der Waals surface area contributed by atoms with E-state index in [0.717, 1.165) is 12.1 Å². The second kappa shape index (κ2) is 8.87. The standard InChI is InChI=1S/C22H16B2ClF2N3O4/c23-18-11(9-30(24)21(34)22(26,27)12-2-4-13(25)5-3-12)1-6-14-15(18)10-29(20(14)33)16-7-8-17(31)28-19(16)32/h1-6,16H,7-10H2,(H,28,31,32). The number of piperidine rings is 1. The molecule has 7 nitrogen and oxygen atoms in total. The third-order valence-electron chi connectivity index (χ3n) is 5.93. The van der Waals surface area contributed by atoms with E-state index in [4.69, 9.17) is 27.4 Å². The van der Waals surface area contributed by atoms with Gasteiger partial charge in [0, 0.05) is 35.7 Å². The van der Waals surface area contributed by atoms with Crippen LogP contribution < -0.4 is 10.8 Å². The number of amides is 4. The van der Waals surface area contributed by atoms with Gasteiger partial charge in [0.1, 0.15) is 13.9 Å². The van der Waals surface area contributed by atoms with E-state index in [2.05, 4.69) is 5.32 Å². The third kappa shape index (κ3) is 4.20. The predicted octanol–water partition coefficient (Wildman–Crippen LogP) is 1.10. The number of alkyl halides is 2. The van der Waals surface area contributed by atoms with Crippen molar-refractivity contribution < 1.29 is 28.0 Å². The molecule has 1 saturated heterocycles. The van der Waals surface area contributed by atoms with E-state index in [1.165, 1.54) is 29.2 Å². The monoisotopic (exact) mass is 481 g/mol. The zero-order chi connectivity index (χ0) is 24.8. The van der Waals surface area contributed by atoms with Crippen LogP contribution in [0.1, 0.15) is 39.9 Å². The Balaban J connectivity index is 1.53. The summed E-state index contributed by atoms with van der Waals surface area (Å²) in [6.07, 6.45) is 0.283. The van der Waals surface area contributed by atoms with Crippen LogP contribution in [0, 0.1) is 0 Å². The quantitative estimate of drug-likeness (QED) is 0.512. The van der Waals surface area contributed by atoms with Crippen molar-refractivity contribution in [1.82, 2.24) is 15.0 Å². The topological polar surface area (TPSA) is 86.8 Å². The lowest BCUT2D eigenvalue weighted by Gasteiger charge is -2.29. The summed E-state index contributed by atoms with van der Waals surface area (Å²) in [6.45, 7) is -0.437. The number of hydrogen-bond donors (Lipinski definition) is 1. The number of carbonyl (C=O) groups excluding carboxylic acids is 4. The molecule has 2 aliphatic rings. The number of carbonyl (C=O) groups is 4. The highest BCUT2D eigenvalue weighted by molar-refractivity contribution is 6.35. The molecule has 0 bridgehead atoms. The van der Waals surface area contributed by atoms with Crippen molar-refractivity contribution in [2.24, 2.45) is 0 Å². The third-order valence-corrected chi connectivity index (χ3v) is 6.18. The number of nitrogens with one attached hydrogen (secondary N) is 1. The van der Waals surface area contributed by atoms with Crippen LogP contribution in [0.4, 0.5) is 8.78 Å². The number of fused-ring (bicyclic) bond motifs is 1. The molecular formula is C22H16B2ClF2N3O4. The Hall–Kier alpha value is -3.20. The van der Waals surface area contributed by atoms with Crippen LogP contribution in [0.2, 0.25) is 5.02 Å². The van der Waals surface area contributed by atoms with Gasteiger partial charge in [-0.15, -0.1) is 0 Å². The molecule has 4 amide bonds. The number of nitrogens with zero attached hydrogens (tertiary/aromatic N) is 2. The highest BCUT2D eigenvalue weighted by Gasteiger charge is 2.43. The average molecular weight is 481 g/mol. The molecule has 0 spiro atoms. The van der Waals surface area contributed by atoms with Gasteiger partial charge in [0.25, 0.3) is 11.8 Å². The van der Waals surface area contributed by atoms with Crippen LogP contribution in [0.25, 0.3) is 0 Å². The molecular weight excluding hydrogens is 465 g/mol. The first kappa shape index (κ1) is 23.9. The molecule has 12 heteroatoms. The zero-order valence-electron chi connectivity index (χ0n) is 17.7. The van der Waals surface area contributed by atoms with E-state index in [9.17, 15) is 28.0 Å². The maximum absolute atomic E-state index is 14.7. The lowest BCUT2D eigenvalue weighted by molar-refractivity contribution is -0.154. The Morgan fingerprint density at radius 3 is 2.50 bits per heavy atom. The Labute approximate surface area is 201 Å². The molecule has 0 aromatic heterocycles. The van der Waals surface area contributed by atoms with Gasteiger partial charge in [-0.05, 0) is 35.7 Å². The highest BCUT2D eigenvalue weighted by Crippen LogP contribution is 2.32. The Kier molecular flexibility index (Phi) is 6.24. The number of hydrogen-bond acceptors (Lipinski definition) is 4. The first-order valence-corrected chi connectivity index (χ1v) is 10.6. The molecule has 170 valence electrons. The first-order valence-electron chi connectivity index (χ1n) is 10.3. The predicted molar refractivity (Wildman–Crippen MR) is 120 cm³/mol. The summed E-state index contributed by atoms with van der Waals surface area (Å²) in [5.74, 6) is -6.95. The highest BCUT2D eigenvalue weighted by atomic mass is 35.5. The van der Waals surface area contributed by atoms with Crippen molar-refractivity contribution in [3.8, 4) is 0 Å². The number of imide groups is 1. The van der Waals surface area contributed by atoms with Crippen molar-refractivity contribution in [2.45, 2.75) is 37.9 Å². The minimum atomic E-state index is -3.90. The van der Waals surface area contributed by atoms with Crippen LogP contribution in [-0.2, 0) is 33.4 Å². The van der Waals surface area contributed by atoms with E-state index in [1.807, 2.05) is 0 Å². The summed E-state index contributed by atoms with van der Waals surface area (Å²) in [4.78, 5) is 50.5. The summed E-state index contributed by atoms with van der Waals surface area (Å²) >= 11 is 5.72. The fourth-order valence-corrected chi connectivity index (χ4v) is 4.19. The molecule has 1 unspecified atom stereocenters. The van der Waals surface area contributed by atoms with Gasteiger partial charge < -0.3 is 9.71 Å². The van der Waals surface area contributed by atoms with Gasteiger partial charge in [0.05, 0.1) is 0 Å². The second-order valence-electron chi connectivity index (χ2n) is 8.08. The SMILES string of the molecule is [B]c1c(CN([B])C(=O)C(F)(F)c2ccc(Cl)cc2)ccc2c1CN(C1CCC(=O)NC1=O)C2=O. The van der Waals surface area contributed by atoms with E-state index in [0.29, 0.717) is 10.4 Å². The fourth-order valence-electron chi connectivity index (χ4n) is 4.07. The van der Waals surface area contributed by atoms with Crippen LogP contribution in [0.15, 0.2) is 36.4 Å². The second-order valence-corrected chi connectivity index (χ2v) is 8.52. The minimum Gasteiger partial charge on any atom is -0.387 e. The lowest BCUT2D eigenvalue weighted by atomic mass is 9.83. The van der Waals surface area contributed by atoms with Gasteiger partial charge in [-0.1, -0.05) is 35.3 Å². The van der Waals surface area contributed by atoms with Crippen molar-refractivity contribution >= 4 is 56.5 Å². The Morgan fingerprint density at radius 2 is 1.85 bits per heavy atom. The lowest BCUT2D eigenvalue weighted by Crippen LogP contribution is -2.52. The van der Waals surface area contributed by atoms with Crippen molar-refractivity contribution in [1.29, 1.82) is 0 Å². The summed E-state index contributed by atoms with van der Waals surface area (Å²) < 4.78 is 29.3. The smallest absolute Gasteiger partial charge is 0.348 e. The van der Waals surface area contributed by atoms with Crippen molar-refractivity contribution in [3.05, 3.63) is 63.7 Å². The Bertz CT molecular complexity index is 1210. The van der Waals surface area contributed by atoms with Gasteiger partial charge >= 0.3 is 5.92 Å². The number of rotatable bonds is 5. The summed E-state index contributed by atoms with van der Waals surface area (Å²) in [5.41, 5.74) is 0.465. The summed E-state index contributed by atoms with van der Waals surface area (Å²) in [5, 5.41) is 2.45. The molecule has 1 N–H and O–H groups in total. The van der Waals surface area contributed by atoms with Gasteiger partial charge in [-0.25, -0.2) is 0 Å². The minimum absolute atomic E-state index is 0.000427. The van der Waals surface area contributed by atoms with Gasteiger partial charge in [0.15, 0.2) is 0 Å². The van der Waals surface area contributed by atoms with E-state index >= 15 is 0 Å². The number of halogens is 3. The average Bonchev–Trinajstić information content (AvgIpc) is 3.12. The molecule has 4 rings (SSSR count). The van der Waals surface area contributed by atoms with Crippen molar-refractivity contribution in [3.63, 3.8) is 0 Å². The molecule has 2 aliphatic heterocycles. The van der Waals surface area contributed by atoms with Crippen LogP contribution in [-0.4, -0.2) is 55.2 Å². The maximum Gasteiger partial charge on any atom is 0.348 e. The van der Waals surface area contributed by atoms with Gasteiger partial charge in [-0.2, -0.15) is 8.78 Å². The van der Waals surface area contributed by atoms with E-state index in [1.54, 1.807) is 0 Å². The Morgan fingerprint density at radius 1 is 1.18 bits per heavy atom. The molecule has 0 aliphatic carbocycles. The van der Waals surface area contributed by atoms with E-state index in [-0.39, 0.29) is 41.0 Å². The molecule has 2 aromatic rings. The van der Waals surface area contributed by atoms with Gasteiger partial charge in [-0.3, -0.25) is 24.5 Å². The normalized spacial score (nSPS) is 18.0. The van der Waals surface area contributed by atoms with E-state index < -0.39 is 47.7 Å². The molecule has 2 aromatic carbocycles. The molecule has 1 atom stereocenters. The molecule has 34 heavy (non-hydrogen) atoms. The van der Waals surface area contributed by atoms with Crippen molar-refractivity contribution in [2.75, 3.05) is 0 Å². The fraction of sp³-hybridized carbons (Fsp3) is 0.273. The van der Waals surface area contributed by atoms with Crippen LogP contribution >= 0.6 is 11.6 Å². The maximum atomic E-state index is 14.7. The molecule has 1 fully saturated rings. The van der Waals surface area contributed by atoms with Crippen LogP contribution in [0.5, 0.6) is 0 Å². The molecule has 0 saturated carbocycles. The first-order chi connectivity index (χ1) is 16.0. The molecule has 2 heterocycles. The summed E-state index contributed by atoms with van der Waals surface area (Å²) in [7, 11) is 11.9. The summed E-state index contributed by atoms with van der Waals surface area (Å²) in [6, 6.07) is 6.59.